The van der Waals surface area contributed by atoms with Crippen LogP contribution in [0.5, 0.6) is 0 Å². The Hall–Kier alpha value is -2.05. The smallest absolute Gasteiger partial charge is 0.243 e. The van der Waals surface area contributed by atoms with Crippen LogP contribution in [0.3, 0.4) is 0 Å². The highest BCUT2D eigenvalue weighted by molar-refractivity contribution is 7.92. The largest absolute Gasteiger partial charge is 0.354 e. The predicted octanol–water partition coefficient (Wildman–Crippen LogP) is 3.81. The van der Waals surface area contributed by atoms with E-state index in [2.05, 4.69) is 5.32 Å². The number of sulfonamides is 1. The second-order valence-electron chi connectivity index (χ2n) is 6.74. The Morgan fingerprint density at radius 2 is 1.79 bits per heavy atom. The van der Waals surface area contributed by atoms with Crippen molar-refractivity contribution < 1.29 is 13.2 Å². The molecular formula is C21H27ClN2O3S. The van der Waals surface area contributed by atoms with Gasteiger partial charge in [0.2, 0.25) is 15.9 Å². The lowest BCUT2D eigenvalue weighted by molar-refractivity contribution is -0.121. The number of nitrogens with one attached hydrogen (secondary N) is 1. The van der Waals surface area contributed by atoms with Gasteiger partial charge in [-0.25, -0.2) is 8.42 Å². The van der Waals surface area contributed by atoms with Crippen molar-refractivity contribution in [1.82, 2.24) is 5.32 Å². The Labute approximate surface area is 172 Å². The third kappa shape index (κ3) is 5.97. The van der Waals surface area contributed by atoms with Crippen molar-refractivity contribution in [2.24, 2.45) is 0 Å². The summed E-state index contributed by atoms with van der Waals surface area (Å²) < 4.78 is 25.8. The first kappa shape index (κ1) is 22.2. The normalized spacial score (nSPS) is 12.4. The quantitative estimate of drug-likeness (QED) is 0.625. The Balaban J connectivity index is 2.00. The molecule has 0 saturated carbocycles. The summed E-state index contributed by atoms with van der Waals surface area (Å²) in [6, 6.07) is 14.0. The van der Waals surface area contributed by atoms with Crippen LogP contribution in [0.1, 0.15) is 31.4 Å². The van der Waals surface area contributed by atoms with Crippen LogP contribution < -0.4 is 9.62 Å². The van der Waals surface area contributed by atoms with Crippen molar-refractivity contribution in [3.8, 4) is 0 Å². The Kier molecular flexibility index (Phi) is 7.89. The van der Waals surface area contributed by atoms with Gasteiger partial charge in [-0.05, 0) is 55.5 Å². The number of halogens is 1. The van der Waals surface area contributed by atoms with Gasteiger partial charge < -0.3 is 5.32 Å². The van der Waals surface area contributed by atoms with Crippen LogP contribution in [0.4, 0.5) is 5.69 Å². The first-order valence-electron chi connectivity index (χ1n) is 9.33. The first-order valence-corrected chi connectivity index (χ1v) is 11.6. The van der Waals surface area contributed by atoms with Crippen LogP contribution in [0, 0.1) is 0 Å². The molecule has 5 nitrogen and oxygen atoms in total. The van der Waals surface area contributed by atoms with Crippen LogP contribution in [-0.2, 0) is 27.7 Å². The number of hydrogen-bond acceptors (Lipinski definition) is 3. The summed E-state index contributed by atoms with van der Waals surface area (Å²) in [5, 5.41) is 3.54. The number of amides is 1. The highest BCUT2D eigenvalue weighted by Crippen LogP contribution is 2.22. The molecule has 28 heavy (non-hydrogen) atoms. The summed E-state index contributed by atoms with van der Waals surface area (Å²) in [6.45, 7) is 4.07. The molecule has 152 valence electrons. The summed E-state index contributed by atoms with van der Waals surface area (Å²) >= 11 is 6.14. The molecule has 0 aliphatic heterocycles. The maximum Gasteiger partial charge on any atom is 0.243 e. The zero-order valence-electron chi connectivity index (χ0n) is 16.5. The van der Waals surface area contributed by atoms with Crippen LogP contribution >= 0.6 is 11.6 Å². The minimum atomic E-state index is -3.61. The average molecular weight is 423 g/mol. The number of benzene rings is 2. The van der Waals surface area contributed by atoms with Gasteiger partial charge in [-0.1, -0.05) is 48.9 Å². The molecule has 7 heteroatoms. The Morgan fingerprint density at radius 3 is 2.36 bits per heavy atom. The molecule has 2 aromatic carbocycles. The predicted molar refractivity (Wildman–Crippen MR) is 115 cm³/mol. The third-order valence-electron chi connectivity index (χ3n) is 4.57. The van der Waals surface area contributed by atoms with E-state index in [1.54, 1.807) is 19.1 Å². The second kappa shape index (κ2) is 9.94. The fourth-order valence-electron chi connectivity index (χ4n) is 3.03. The number of rotatable bonds is 9. The van der Waals surface area contributed by atoms with Gasteiger partial charge >= 0.3 is 0 Å². The molecule has 2 aromatic rings. The molecule has 0 unspecified atom stereocenters. The lowest BCUT2D eigenvalue weighted by Crippen LogP contribution is -2.48. The van der Waals surface area contributed by atoms with Gasteiger partial charge in [0.05, 0.1) is 11.9 Å². The minimum absolute atomic E-state index is 0.329. The summed E-state index contributed by atoms with van der Waals surface area (Å²) in [5.41, 5.74) is 2.62. The highest BCUT2D eigenvalue weighted by Gasteiger charge is 2.28. The summed E-state index contributed by atoms with van der Waals surface area (Å²) in [4.78, 5) is 12.6. The molecule has 0 spiro atoms. The summed E-state index contributed by atoms with van der Waals surface area (Å²) in [7, 11) is -3.61. The lowest BCUT2D eigenvalue weighted by atomic mass is 10.1. The zero-order chi connectivity index (χ0) is 20.7. The maximum absolute atomic E-state index is 12.6. The molecule has 0 heterocycles. The topological polar surface area (TPSA) is 66.5 Å². The van der Waals surface area contributed by atoms with E-state index in [9.17, 15) is 13.2 Å². The fourth-order valence-corrected chi connectivity index (χ4v) is 4.43. The highest BCUT2D eigenvalue weighted by atomic mass is 35.5. The molecule has 0 aliphatic rings. The fraction of sp³-hybridized carbons (Fsp3) is 0.381. The van der Waals surface area contributed by atoms with Crippen LogP contribution in [0.2, 0.25) is 5.02 Å². The number of hydrogen-bond donors (Lipinski definition) is 1. The van der Waals surface area contributed by atoms with Crippen molar-refractivity contribution in [2.45, 2.75) is 39.2 Å². The van der Waals surface area contributed by atoms with Crippen LogP contribution in [0.25, 0.3) is 0 Å². The molecule has 0 bridgehead atoms. The Morgan fingerprint density at radius 1 is 1.14 bits per heavy atom. The van der Waals surface area contributed by atoms with Gasteiger partial charge in [0.25, 0.3) is 0 Å². The van der Waals surface area contributed by atoms with Crippen molar-refractivity contribution in [1.29, 1.82) is 0 Å². The second-order valence-corrected chi connectivity index (χ2v) is 9.01. The number of carbonyl (C=O) groups is 1. The van der Waals surface area contributed by atoms with Crippen molar-refractivity contribution in [3.63, 3.8) is 0 Å². The van der Waals surface area contributed by atoms with Crippen molar-refractivity contribution in [3.05, 3.63) is 64.7 Å². The molecular weight excluding hydrogens is 396 g/mol. The molecule has 0 fully saturated rings. The summed E-state index contributed by atoms with van der Waals surface area (Å²) in [5.74, 6) is -0.329. The average Bonchev–Trinajstić information content (AvgIpc) is 2.66. The van der Waals surface area contributed by atoms with Gasteiger partial charge in [-0.15, -0.1) is 0 Å². The van der Waals surface area contributed by atoms with Gasteiger partial charge in [-0.2, -0.15) is 0 Å². The van der Waals surface area contributed by atoms with E-state index in [1.807, 2.05) is 43.3 Å². The van der Waals surface area contributed by atoms with Crippen LogP contribution in [-0.4, -0.2) is 33.2 Å². The zero-order valence-corrected chi connectivity index (χ0v) is 18.1. The van der Waals surface area contributed by atoms with E-state index in [0.717, 1.165) is 34.5 Å². The lowest BCUT2D eigenvalue weighted by Gasteiger charge is -2.28. The van der Waals surface area contributed by atoms with Gasteiger partial charge in [0.1, 0.15) is 6.04 Å². The number of aryl methyl sites for hydroxylation is 2. The SMILES string of the molecule is CCc1ccc(N([C@@H](C)C(=O)NCCCc2ccccc2Cl)S(C)(=O)=O)cc1. The standard InChI is InChI=1S/C21H27ClN2O3S/c1-4-17-11-13-19(14-12-17)24(28(3,26)27)16(2)21(25)23-15-7-9-18-8-5-6-10-20(18)22/h5-6,8,10-14,16H,4,7,9,15H2,1-3H3,(H,23,25)/t16-/m0/s1. The van der Waals surface area contributed by atoms with Gasteiger partial charge in [0.15, 0.2) is 0 Å². The molecule has 0 saturated heterocycles. The summed E-state index contributed by atoms with van der Waals surface area (Å²) in [6.07, 6.45) is 3.43. The van der Waals surface area contributed by atoms with Gasteiger partial charge in [-0.3, -0.25) is 9.10 Å². The van der Waals surface area contributed by atoms with E-state index >= 15 is 0 Å². The molecule has 1 amide bonds. The molecule has 1 N–H and O–H groups in total. The van der Waals surface area contributed by atoms with Crippen molar-refractivity contribution >= 4 is 33.2 Å². The van der Waals surface area contributed by atoms with Crippen LogP contribution in [0.15, 0.2) is 48.5 Å². The monoisotopic (exact) mass is 422 g/mol. The molecule has 0 aromatic heterocycles. The van der Waals surface area contributed by atoms with E-state index in [4.69, 9.17) is 11.6 Å². The van der Waals surface area contributed by atoms with E-state index < -0.39 is 16.1 Å². The first-order chi connectivity index (χ1) is 13.2. The number of anilines is 1. The van der Waals surface area contributed by atoms with E-state index in [1.165, 1.54) is 0 Å². The molecule has 2 rings (SSSR count). The van der Waals surface area contributed by atoms with E-state index in [0.29, 0.717) is 23.7 Å². The number of nitrogens with zero attached hydrogens (tertiary/aromatic N) is 1. The molecule has 0 radical (unpaired) electrons. The van der Waals surface area contributed by atoms with Gasteiger partial charge in [0, 0.05) is 11.6 Å². The maximum atomic E-state index is 12.6. The third-order valence-corrected chi connectivity index (χ3v) is 6.18. The minimum Gasteiger partial charge on any atom is -0.354 e. The number of carbonyl (C=O) groups excluding carboxylic acids is 1. The molecule has 0 aliphatic carbocycles. The Bertz CT molecular complexity index is 898. The molecule has 1 atom stereocenters. The van der Waals surface area contributed by atoms with Crippen molar-refractivity contribution in [2.75, 3.05) is 17.1 Å². The van der Waals surface area contributed by atoms with E-state index in [-0.39, 0.29) is 5.91 Å².